The van der Waals surface area contributed by atoms with E-state index in [1.807, 2.05) is 18.2 Å². The Morgan fingerprint density at radius 2 is 1.94 bits per heavy atom. The molecule has 0 saturated heterocycles. The van der Waals surface area contributed by atoms with Crippen molar-refractivity contribution >= 4 is 17.5 Å². The van der Waals surface area contributed by atoms with Crippen LogP contribution in [0.25, 0.3) is 0 Å². The molecular formula is C27H25N3O5. The number of likely N-dealkylation sites (N-methyl/N-ethyl adjacent to an activating group) is 1. The van der Waals surface area contributed by atoms with Crippen LogP contribution in [0, 0.1) is 11.8 Å². The lowest BCUT2D eigenvalue weighted by Crippen LogP contribution is -2.49. The van der Waals surface area contributed by atoms with E-state index in [9.17, 15) is 14.7 Å². The van der Waals surface area contributed by atoms with Crippen LogP contribution in [-0.2, 0) is 4.79 Å². The highest BCUT2D eigenvalue weighted by molar-refractivity contribution is 6.03. The van der Waals surface area contributed by atoms with Crippen molar-refractivity contribution in [1.82, 2.24) is 10.3 Å². The van der Waals surface area contributed by atoms with Crippen LogP contribution in [0.5, 0.6) is 17.2 Å². The summed E-state index contributed by atoms with van der Waals surface area (Å²) in [5, 5.41) is 12.5. The lowest BCUT2D eigenvalue weighted by atomic mass is 10.1. The Hall–Kier alpha value is -4.35. The summed E-state index contributed by atoms with van der Waals surface area (Å²) in [7, 11) is 1.61. The van der Waals surface area contributed by atoms with Gasteiger partial charge in [0, 0.05) is 24.9 Å². The first-order valence-corrected chi connectivity index (χ1v) is 11.0. The smallest absolute Gasteiger partial charge is 0.270 e. The number of hydrogen-bond donors (Lipinski definition) is 2. The van der Waals surface area contributed by atoms with E-state index in [1.165, 1.54) is 17.2 Å². The molecule has 1 aromatic heterocycles. The fourth-order valence-electron chi connectivity index (χ4n) is 3.37. The minimum Gasteiger partial charge on any atom is -0.489 e. The number of rotatable bonds is 4. The molecule has 1 atom stereocenters. The number of nitrogens with one attached hydrogen (secondary N) is 1. The molecule has 0 radical (unpaired) electrons. The summed E-state index contributed by atoms with van der Waals surface area (Å²) in [5.74, 6) is 6.32. The first-order valence-electron chi connectivity index (χ1n) is 11.0. The summed E-state index contributed by atoms with van der Waals surface area (Å²) in [4.78, 5) is 31.5. The maximum atomic E-state index is 13.1. The molecule has 2 aromatic carbocycles. The molecule has 2 N–H and O–H groups in total. The van der Waals surface area contributed by atoms with Gasteiger partial charge in [-0.3, -0.25) is 14.6 Å². The van der Waals surface area contributed by atoms with Crippen molar-refractivity contribution in [3.8, 4) is 29.1 Å². The van der Waals surface area contributed by atoms with Crippen LogP contribution in [0.3, 0.4) is 0 Å². The van der Waals surface area contributed by atoms with Gasteiger partial charge >= 0.3 is 0 Å². The molecule has 1 aliphatic rings. The van der Waals surface area contributed by atoms with Crippen molar-refractivity contribution in [1.29, 1.82) is 0 Å². The second-order valence-corrected chi connectivity index (χ2v) is 8.52. The van der Waals surface area contributed by atoms with Crippen LogP contribution in [-0.4, -0.2) is 47.2 Å². The number of anilines is 1. The molecule has 8 heteroatoms. The van der Waals surface area contributed by atoms with Crippen molar-refractivity contribution in [2.24, 2.45) is 0 Å². The first-order chi connectivity index (χ1) is 16.7. The largest absolute Gasteiger partial charge is 0.489 e. The fraction of sp³-hybridized carbons (Fsp3) is 0.222. The van der Waals surface area contributed by atoms with Gasteiger partial charge in [0.15, 0.2) is 0 Å². The monoisotopic (exact) mass is 471 g/mol. The van der Waals surface area contributed by atoms with Crippen LogP contribution in [0.4, 0.5) is 5.69 Å². The molecule has 1 aliphatic heterocycles. The third-order valence-electron chi connectivity index (χ3n) is 5.12. The quantitative estimate of drug-likeness (QED) is 0.567. The summed E-state index contributed by atoms with van der Waals surface area (Å²) >= 11 is 0. The predicted molar refractivity (Wildman–Crippen MR) is 131 cm³/mol. The molecule has 8 nitrogen and oxygen atoms in total. The molecule has 2 heterocycles. The molecule has 35 heavy (non-hydrogen) atoms. The van der Waals surface area contributed by atoms with Gasteiger partial charge in [0.2, 0.25) is 0 Å². The Balaban J connectivity index is 1.48. The Bertz CT molecular complexity index is 1310. The Morgan fingerprint density at radius 3 is 2.69 bits per heavy atom. The fourth-order valence-corrected chi connectivity index (χ4v) is 3.37. The number of nitrogens with zero attached hydrogens (tertiary/aromatic N) is 2. The Labute approximate surface area is 203 Å². The van der Waals surface area contributed by atoms with E-state index in [1.54, 1.807) is 57.3 Å². The predicted octanol–water partition coefficient (Wildman–Crippen LogP) is 3.15. The zero-order chi connectivity index (χ0) is 25.0. The highest BCUT2D eigenvalue weighted by Crippen LogP contribution is 2.31. The molecule has 4 rings (SSSR count). The normalized spacial score (nSPS) is 15.1. The molecular weight excluding hydrogens is 446 g/mol. The van der Waals surface area contributed by atoms with Crippen LogP contribution in [0.1, 0.15) is 29.9 Å². The second-order valence-electron chi connectivity index (χ2n) is 8.52. The van der Waals surface area contributed by atoms with Gasteiger partial charge in [0.25, 0.3) is 11.8 Å². The van der Waals surface area contributed by atoms with Crippen LogP contribution in [0.15, 0.2) is 66.9 Å². The van der Waals surface area contributed by atoms with Gasteiger partial charge in [-0.1, -0.05) is 30.0 Å². The molecule has 0 bridgehead atoms. The van der Waals surface area contributed by atoms with Gasteiger partial charge < -0.3 is 24.8 Å². The molecule has 0 aliphatic carbocycles. The molecule has 0 saturated carbocycles. The van der Waals surface area contributed by atoms with Crippen molar-refractivity contribution < 1.29 is 24.2 Å². The summed E-state index contributed by atoms with van der Waals surface area (Å²) in [6.07, 6.45) is 1.47. The third kappa shape index (κ3) is 5.96. The number of hydrogen-bond acceptors (Lipinski definition) is 6. The molecule has 2 amide bonds. The maximum Gasteiger partial charge on any atom is 0.270 e. The number of carbonyl (C=O) groups is 2. The average Bonchev–Trinajstić information content (AvgIpc) is 2.95. The minimum atomic E-state index is -1.13. The SMILES string of the molecule is CN1C(=O)[C@@H](NC(=O)c2cc(Oc3ccccc3)ccn2)COc2cc(C#CC(C)(C)O)ccc21. The number of fused-ring (bicyclic) bond motifs is 1. The topological polar surface area (TPSA) is 101 Å². The van der Waals surface area contributed by atoms with E-state index in [4.69, 9.17) is 9.47 Å². The summed E-state index contributed by atoms with van der Waals surface area (Å²) < 4.78 is 11.6. The standard InChI is InChI=1S/C27H25N3O5/c1-27(2,33)13-11-18-9-10-23-24(15-18)34-17-22(26(32)30(23)3)29-25(31)21-16-20(12-14-28-21)35-19-7-5-4-6-8-19/h4-10,12,14-16,22,33H,17H2,1-3H3,(H,29,31)/t22-/m0/s1. The highest BCUT2D eigenvalue weighted by atomic mass is 16.5. The zero-order valence-corrected chi connectivity index (χ0v) is 19.6. The maximum absolute atomic E-state index is 13.1. The van der Waals surface area contributed by atoms with Gasteiger partial charge in [-0.2, -0.15) is 0 Å². The number of amides is 2. The van der Waals surface area contributed by atoms with E-state index >= 15 is 0 Å². The van der Waals surface area contributed by atoms with E-state index in [0.29, 0.717) is 28.5 Å². The molecule has 178 valence electrons. The van der Waals surface area contributed by atoms with Gasteiger partial charge in [0.05, 0.1) is 5.69 Å². The number of benzene rings is 2. The van der Waals surface area contributed by atoms with Crippen molar-refractivity contribution in [3.05, 3.63) is 78.1 Å². The number of aliphatic hydroxyl groups is 1. The summed E-state index contributed by atoms with van der Waals surface area (Å²) in [6.45, 7) is 3.13. The van der Waals surface area contributed by atoms with Crippen LogP contribution >= 0.6 is 0 Å². The lowest BCUT2D eigenvalue weighted by Gasteiger charge is -2.20. The minimum absolute atomic E-state index is 0.0650. The zero-order valence-electron chi connectivity index (χ0n) is 19.6. The highest BCUT2D eigenvalue weighted by Gasteiger charge is 2.31. The summed E-state index contributed by atoms with van der Waals surface area (Å²) in [6, 6.07) is 16.6. The Kier molecular flexibility index (Phi) is 6.71. The van der Waals surface area contributed by atoms with E-state index in [0.717, 1.165) is 0 Å². The molecule has 0 fully saturated rings. The molecule has 3 aromatic rings. The number of aromatic nitrogens is 1. The third-order valence-corrected chi connectivity index (χ3v) is 5.12. The number of para-hydroxylation sites is 1. The van der Waals surface area contributed by atoms with Gasteiger partial charge in [0.1, 0.15) is 41.2 Å². The van der Waals surface area contributed by atoms with E-state index in [2.05, 4.69) is 22.1 Å². The second kappa shape index (κ2) is 9.87. The van der Waals surface area contributed by atoms with Crippen molar-refractivity contribution in [2.75, 3.05) is 18.6 Å². The van der Waals surface area contributed by atoms with Crippen LogP contribution in [0.2, 0.25) is 0 Å². The first kappa shape index (κ1) is 23.8. The number of carbonyl (C=O) groups excluding carboxylic acids is 2. The average molecular weight is 472 g/mol. The number of pyridine rings is 1. The van der Waals surface area contributed by atoms with Gasteiger partial charge in [-0.15, -0.1) is 0 Å². The van der Waals surface area contributed by atoms with Crippen LogP contribution < -0.4 is 19.7 Å². The van der Waals surface area contributed by atoms with Gasteiger partial charge in [-0.05, 0) is 50.2 Å². The summed E-state index contributed by atoms with van der Waals surface area (Å²) in [5.41, 5.74) is 0.165. The lowest BCUT2D eigenvalue weighted by molar-refractivity contribution is -0.120. The van der Waals surface area contributed by atoms with Crippen molar-refractivity contribution in [2.45, 2.75) is 25.5 Å². The molecule has 0 unspecified atom stereocenters. The van der Waals surface area contributed by atoms with Crippen molar-refractivity contribution in [3.63, 3.8) is 0 Å². The Morgan fingerprint density at radius 1 is 1.17 bits per heavy atom. The van der Waals surface area contributed by atoms with E-state index < -0.39 is 17.6 Å². The van der Waals surface area contributed by atoms with E-state index in [-0.39, 0.29) is 18.2 Å². The number of ether oxygens (including phenoxy) is 2. The van der Waals surface area contributed by atoms with Gasteiger partial charge in [-0.25, -0.2) is 0 Å². The molecule has 0 spiro atoms.